The number of phenols is 2. The standard InChI is InChI=1S/C26H17ClN2O7S2/c27-16-3-1-2-15(12-16)22-21(23(32)14-4-6-17(30)7-5-14)24(33)25(34)29(22)26-28-13-20(37-26)38(35,36)19-10-8-18(31)9-11-19/h1-13,22,30-32H/b23-21-. The summed E-state index contributed by atoms with van der Waals surface area (Å²) in [5.41, 5.74) is 0.318. The van der Waals surface area contributed by atoms with Gasteiger partial charge in [-0.2, -0.15) is 0 Å². The maximum absolute atomic E-state index is 13.3. The maximum atomic E-state index is 13.3. The number of Topliss-reactive ketones (excluding diaryl/α,β-unsaturated/α-hetero) is 1. The molecule has 2 heterocycles. The van der Waals surface area contributed by atoms with Crippen molar-refractivity contribution >= 4 is 55.4 Å². The molecule has 0 saturated carbocycles. The van der Waals surface area contributed by atoms with E-state index >= 15 is 0 Å². The first-order valence-corrected chi connectivity index (χ1v) is 13.6. The van der Waals surface area contributed by atoms with Crippen molar-refractivity contribution in [3.05, 3.63) is 101 Å². The number of aromatic hydroxyl groups is 2. The molecular weight excluding hydrogens is 552 g/mol. The number of hydrogen-bond donors (Lipinski definition) is 3. The average molecular weight is 569 g/mol. The number of rotatable bonds is 5. The molecule has 0 bridgehead atoms. The number of amides is 1. The lowest BCUT2D eigenvalue weighted by molar-refractivity contribution is -0.132. The molecule has 38 heavy (non-hydrogen) atoms. The van der Waals surface area contributed by atoms with Crippen LogP contribution in [0, 0.1) is 0 Å². The van der Waals surface area contributed by atoms with E-state index < -0.39 is 33.3 Å². The zero-order valence-corrected chi connectivity index (χ0v) is 21.5. The van der Waals surface area contributed by atoms with Crippen molar-refractivity contribution in [1.29, 1.82) is 0 Å². The van der Waals surface area contributed by atoms with Crippen molar-refractivity contribution in [3.63, 3.8) is 0 Å². The lowest BCUT2D eigenvalue weighted by atomic mass is 9.95. The summed E-state index contributed by atoms with van der Waals surface area (Å²) in [6.45, 7) is 0. The Labute approximate surface area is 225 Å². The fraction of sp³-hybridized carbons (Fsp3) is 0.0385. The van der Waals surface area contributed by atoms with Crippen LogP contribution in [-0.4, -0.2) is 40.4 Å². The largest absolute Gasteiger partial charge is 0.508 e. The van der Waals surface area contributed by atoms with Crippen LogP contribution in [0.5, 0.6) is 11.5 Å². The third-order valence-corrected chi connectivity index (χ3v) is 9.30. The van der Waals surface area contributed by atoms with Gasteiger partial charge in [0.15, 0.2) is 5.13 Å². The molecule has 1 aromatic heterocycles. The molecule has 1 fully saturated rings. The molecule has 0 spiro atoms. The topological polar surface area (TPSA) is 145 Å². The van der Waals surface area contributed by atoms with Gasteiger partial charge in [0.2, 0.25) is 9.84 Å². The molecule has 1 saturated heterocycles. The van der Waals surface area contributed by atoms with Crippen molar-refractivity contribution in [2.45, 2.75) is 15.1 Å². The molecule has 1 atom stereocenters. The number of ketones is 1. The second-order valence-electron chi connectivity index (χ2n) is 8.23. The van der Waals surface area contributed by atoms with E-state index in [1.165, 1.54) is 54.6 Å². The number of hydrogen-bond acceptors (Lipinski definition) is 9. The molecule has 4 aromatic rings. The van der Waals surface area contributed by atoms with Gasteiger partial charge in [-0.1, -0.05) is 35.1 Å². The van der Waals surface area contributed by atoms with Crippen LogP contribution < -0.4 is 4.90 Å². The van der Waals surface area contributed by atoms with E-state index in [0.29, 0.717) is 21.9 Å². The quantitative estimate of drug-likeness (QED) is 0.179. The van der Waals surface area contributed by atoms with Crippen LogP contribution in [0.15, 0.2) is 93.7 Å². The Morgan fingerprint density at radius 3 is 2.21 bits per heavy atom. The van der Waals surface area contributed by atoms with Crippen LogP contribution in [0.3, 0.4) is 0 Å². The summed E-state index contributed by atoms with van der Waals surface area (Å²) < 4.78 is 26.1. The van der Waals surface area contributed by atoms with Crippen LogP contribution in [0.25, 0.3) is 5.76 Å². The van der Waals surface area contributed by atoms with Crippen LogP contribution in [-0.2, 0) is 19.4 Å². The summed E-state index contributed by atoms with van der Waals surface area (Å²) in [4.78, 5) is 31.6. The first-order valence-electron chi connectivity index (χ1n) is 10.9. The van der Waals surface area contributed by atoms with Gasteiger partial charge in [-0.15, -0.1) is 0 Å². The Kier molecular flexibility index (Phi) is 6.43. The Morgan fingerprint density at radius 2 is 1.58 bits per heavy atom. The maximum Gasteiger partial charge on any atom is 0.301 e. The molecule has 192 valence electrons. The van der Waals surface area contributed by atoms with E-state index in [-0.39, 0.29) is 36.9 Å². The lowest BCUT2D eigenvalue weighted by Crippen LogP contribution is -2.29. The number of benzene rings is 3. The Balaban J connectivity index is 1.65. The molecule has 3 N–H and O–H groups in total. The minimum Gasteiger partial charge on any atom is -0.508 e. The zero-order chi connectivity index (χ0) is 27.2. The molecule has 3 aromatic carbocycles. The normalized spacial score (nSPS) is 17.2. The zero-order valence-electron chi connectivity index (χ0n) is 19.1. The van der Waals surface area contributed by atoms with Crippen molar-refractivity contribution in [2.24, 2.45) is 0 Å². The number of phenolic OH excluding ortho intramolecular Hbond substituents is 2. The first-order chi connectivity index (χ1) is 18.1. The summed E-state index contributed by atoms with van der Waals surface area (Å²) in [7, 11) is -4.05. The molecule has 0 aliphatic carbocycles. The predicted octanol–water partition coefficient (Wildman–Crippen LogP) is 4.67. The Morgan fingerprint density at radius 1 is 0.947 bits per heavy atom. The van der Waals surface area contributed by atoms with Gasteiger partial charge in [-0.3, -0.25) is 14.5 Å². The van der Waals surface area contributed by atoms with Gasteiger partial charge in [0.25, 0.3) is 5.78 Å². The van der Waals surface area contributed by atoms with Crippen LogP contribution in [0.2, 0.25) is 5.02 Å². The van der Waals surface area contributed by atoms with E-state index in [1.807, 2.05) is 0 Å². The summed E-state index contributed by atoms with van der Waals surface area (Å²) in [6, 6.07) is 15.5. The number of aliphatic hydroxyl groups excluding tert-OH is 1. The third-order valence-electron chi connectivity index (χ3n) is 5.84. The highest BCUT2D eigenvalue weighted by molar-refractivity contribution is 7.93. The highest BCUT2D eigenvalue weighted by Gasteiger charge is 2.48. The van der Waals surface area contributed by atoms with Crippen molar-refractivity contribution in [1.82, 2.24) is 4.98 Å². The minimum atomic E-state index is -4.05. The molecule has 1 aliphatic heterocycles. The van der Waals surface area contributed by atoms with Gasteiger partial charge >= 0.3 is 5.91 Å². The van der Waals surface area contributed by atoms with E-state index in [4.69, 9.17) is 11.6 Å². The molecular formula is C26H17ClN2O7S2. The highest BCUT2D eigenvalue weighted by atomic mass is 35.5. The summed E-state index contributed by atoms with van der Waals surface area (Å²) in [5, 5.41) is 30.4. The number of thiazole rings is 1. The minimum absolute atomic E-state index is 0.0569. The number of halogens is 1. The monoisotopic (exact) mass is 568 g/mol. The number of aliphatic hydroxyl groups is 1. The Hall–Kier alpha value is -4.19. The Bertz CT molecular complexity index is 1710. The van der Waals surface area contributed by atoms with Crippen molar-refractivity contribution in [3.8, 4) is 11.5 Å². The molecule has 1 amide bonds. The van der Waals surface area contributed by atoms with Gasteiger partial charge in [-0.25, -0.2) is 13.4 Å². The van der Waals surface area contributed by atoms with Gasteiger partial charge in [0, 0.05) is 10.6 Å². The van der Waals surface area contributed by atoms with Crippen molar-refractivity contribution < 1.29 is 33.3 Å². The summed E-state index contributed by atoms with van der Waals surface area (Å²) >= 11 is 6.87. The summed E-state index contributed by atoms with van der Waals surface area (Å²) in [5.74, 6) is -2.66. The fourth-order valence-corrected chi connectivity index (χ4v) is 6.77. The molecule has 12 heteroatoms. The van der Waals surface area contributed by atoms with Gasteiger partial charge in [0.05, 0.1) is 22.7 Å². The van der Waals surface area contributed by atoms with E-state index in [1.54, 1.807) is 18.2 Å². The van der Waals surface area contributed by atoms with Gasteiger partial charge in [-0.05, 0) is 66.2 Å². The number of aromatic nitrogens is 1. The molecule has 1 aliphatic rings. The summed E-state index contributed by atoms with van der Waals surface area (Å²) in [6.07, 6.45) is 1.08. The number of carbonyl (C=O) groups is 2. The van der Waals surface area contributed by atoms with Gasteiger partial charge in [0.1, 0.15) is 21.5 Å². The van der Waals surface area contributed by atoms with Crippen LogP contribution >= 0.6 is 22.9 Å². The van der Waals surface area contributed by atoms with Crippen LogP contribution in [0.1, 0.15) is 17.2 Å². The van der Waals surface area contributed by atoms with E-state index in [9.17, 15) is 33.3 Å². The number of anilines is 1. The fourth-order valence-electron chi connectivity index (χ4n) is 4.02. The smallest absolute Gasteiger partial charge is 0.301 e. The second-order valence-corrected chi connectivity index (χ2v) is 11.9. The number of nitrogens with zero attached hydrogens (tertiary/aromatic N) is 2. The average Bonchev–Trinajstić information content (AvgIpc) is 3.48. The third kappa shape index (κ3) is 4.40. The molecule has 0 radical (unpaired) electrons. The van der Waals surface area contributed by atoms with Gasteiger partial charge < -0.3 is 15.3 Å². The van der Waals surface area contributed by atoms with E-state index in [2.05, 4.69) is 4.98 Å². The first kappa shape index (κ1) is 25.5. The second kappa shape index (κ2) is 9.60. The number of carbonyl (C=O) groups excluding carboxylic acids is 2. The highest BCUT2D eigenvalue weighted by Crippen LogP contribution is 2.44. The molecule has 5 rings (SSSR count). The SMILES string of the molecule is O=C1C(=O)N(c2ncc(S(=O)(=O)c3ccc(O)cc3)s2)C(c2cccc(Cl)c2)/C1=C(/O)c1ccc(O)cc1. The lowest BCUT2D eigenvalue weighted by Gasteiger charge is -2.23. The molecule has 1 unspecified atom stereocenters. The van der Waals surface area contributed by atoms with Crippen LogP contribution in [0.4, 0.5) is 5.13 Å². The predicted molar refractivity (Wildman–Crippen MR) is 140 cm³/mol. The van der Waals surface area contributed by atoms with Crippen molar-refractivity contribution in [2.75, 3.05) is 4.90 Å². The number of sulfone groups is 1. The molecule has 9 nitrogen and oxygen atoms in total. The van der Waals surface area contributed by atoms with E-state index in [0.717, 1.165) is 11.1 Å².